The number of fused-ring (bicyclic) bond motifs is 2. The quantitative estimate of drug-likeness (QED) is 0.820. The lowest BCUT2D eigenvalue weighted by molar-refractivity contribution is 0.0812. The summed E-state index contributed by atoms with van der Waals surface area (Å²) in [7, 11) is 0. The fourth-order valence-electron chi connectivity index (χ4n) is 4.01. The highest BCUT2D eigenvalue weighted by Gasteiger charge is 2.63. The second kappa shape index (κ2) is 3.49. The van der Waals surface area contributed by atoms with Gasteiger partial charge in [0, 0.05) is 5.69 Å². The maximum Gasteiger partial charge on any atom is 0.0777 e. The molecule has 0 radical (unpaired) electrons. The standard InChI is InChI=1S/C15H21NO/c1-14(2)11-8-9-15(14,13(17)10-11)16-12-6-4-3-5-7-12/h3-7,11,13,16-17H,8-10H2,1-2H3/t11-,13-,15-/m1/s1. The number of para-hydroxylation sites is 1. The number of rotatable bonds is 2. The zero-order valence-corrected chi connectivity index (χ0v) is 10.6. The van der Waals surface area contributed by atoms with E-state index in [0.717, 1.165) is 18.5 Å². The van der Waals surface area contributed by atoms with Gasteiger partial charge in [-0.2, -0.15) is 0 Å². The Morgan fingerprint density at radius 2 is 1.94 bits per heavy atom. The molecule has 2 aliphatic carbocycles. The molecule has 2 fully saturated rings. The van der Waals surface area contributed by atoms with E-state index in [1.807, 2.05) is 18.2 Å². The Labute approximate surface area is 103 Å². The molecular formula is C15H21NO. The number of benzene rings is 1. The highest BCUT2D eigenvalue weighted by molar-refractivity contribution is 5.48. The number of anilines is 1. The van der Waals surface area contributed by atoms with Gasteiger partial charge in [-0.1, -0.05) is 32.0 Å². The molecular weight excluding hydrogens is 210 g/mol. The van der Waals surface area contributed by atoms with Gasteiger partial charge < -0.3 is 10.4 Å². The van der Waals surface area contributed by atoms with Crippen LogP contribution >= 0.6 is 0 Å². The summed E-state index contributed by atoms with van der Waals surface area (Å²) in [5.74, 6) is 0.661. The topological polar surface area (TPSA) is 32.3 Å². The molecule has 0 spiro atoms. The molecule has 0 aromatic heterocycles. The largest absolute Gasteiger partial charge is 0.391 e. The highest BCUT2D eigenvalue weighted by atomic mass is 16.3. The predicted octanol–water partition coefficient (Wildman–Crippen LogP) is 3.04. The van der Waals surface area contributed by atoms with E-state index < -0.39 is 0 Å². The lowest BCUT2D eigenvalue weighted by atomic mass is 9.75. The van der Waals surface area contributed by atoms with Crippen molar-refractivity contribution in [3.05, 3.63) is 30.3 Å². The van der Waals surface area contributed by atoms with Gasteiger partial charge in [0.15, 0.2) is 0 Å². The van der Waals surface area contributed by atoms with E-state index in [9.17, 15) is 5.11 Å². The first-order chi connectivity index (χ1) is 8.06. The van der Waals surface area contributed by atoms with Crippen LogP contribution in [-0.2, 0) is 0 Å². The Hall–Kier alpha value is -1.02. The van der Waals surface area contributed by atoms with Crippen molar-refractivity contribution >= 4 is 5.69 Å². The van der Waals surface area contributed by atoms with Crippen molar-refractivity contribution in [3.63, 3.8) is 0 Å². The summed E-state index contributed by atoms with van der Waals surface area (Å²) in [5.41, 5.74) is 1.18. The second-order valence-electron chi connectivity index (χ2n) is 6.17. The third kappa shape index (κ3) is 1.37. The van der Waals surface area contributed by atoms with E-state index in [1.54, 1.807) is 0 Å². The third-order valence-electron chi connectivity index (χ3n) is 5.28. The van der Waals surface area contributed by atoms with Crippen LogP contribution in [0.4, 0.5) is 5.69 Å². The summed E-state index contributed by atoms with van der Waals surface area (Å²) >= 11 is 0. The zero-order chi connectivity index (χ0) is 12.1. The molecule has 2 nitrogen and oxygen atoms in total. The van der Waals surface area contributed by atoms with Gasteiger partial charge >= 0.3 is 0 Å². The Kier molecular flexibility index (Phi) is 2.27. The maximum atomic E-state index is 10.4. The first-order valence-electron chi connectivity index (χ1n) is 6.57. The molecule has 0 unspecified atom stereocenters. The van der Waals surface area contributed by atoms with Gasteiger partial charge in [-0.3, -0.25) is 0 Å². The van der Waals surface area contributed by atoms with Crippen molar-refractivity contribution in [2.45, 2.75) is 44.8 Å². The molecule has 3 rings (SSSR count). The van der Waals surface area contributed by atoms with Gasteiger partial charge in [0.25, 0.3) is 0 Å². The summed E-state index contributed by atoms with van der Waals surface area (Å²) in [6, 6.07) is 10.3. The molecule has 0 saturated heterocycles. The number of aliphatic hydroxyl groups is 1. The molecule has 2 bridgehead atoms. The molecule has 1 aromatic carbocycles. The molecule has 2 N–H and O–H groups in total. The zero-order valence-electron chi connectivity index (χ0n) is 10.6. The maximum absolute atomic E-state index is 10.4. The van der Waals surface area contributed by atoms with Crippen LogP contribution in [0.25, 0.3) is 0 Å². The highest BCUT2D eigenvalue weighted by Crippen LogP contribution is 2.61. The number of hydrogen-bond donors (Lipinski definition) is 2. The fourth-order valence-corrected chi connectivity index (χ4v) is 4.01. The smallest absolute Gasteiger partial charge is 0.0777 e. The molecule has 0 amide bonds. The first kappa shape index (κ1) is 11.1. The molecule has 2 saturated carbocycles. The van der Waals surface area contributed by atoms with Crippen LogP contribution in [0.5, 0.6) is 0 Å². The minimum atomic E-state index is -0.212. The fraction of sp³-hybridized carbons (Fsp3) is 0.600. The van der Waals surface area contributed by atoms with E-state index in [1.165, 1.54) is 6.42 Å². The van der Waals surface area contributed by atoms with Crippen molar-refractivity contribution in [3.8, 4) is 0 Å². The second-order valence-corrected chi connectivity index (χ2v) is 6.17. The van der Waals surface area contributed by atoms with E-state index in [-0.39, 0.29) is 17.1 Å². The van der Waals surface area contributed by atoms with Crippen molar-refractivity contribution in [1.82, 2.24) is 0 Å². The molecule has 92 valence electrons. The predicted molar refractivity (Wildman–Crippen MR) is 69.9 cm³/mol. The summed E-state index contributed by atoms with van der Waals surface area (Å²) in [6.45, 7) is 4.60. The van der Waals surface area contributed by atoms with Crippen LogP contribution in [0.2, 0.25) is 0 Å². The Morgan fingerprint density at radius 3 is 2.47 bits per heavy atom. The van der Waals surface area contributed by atoms with Crippen LogP contribution in [0.3, 0.4) is 0 Å². The molecule has 0 aliphatic heterocycles. The van der Waals surface area contributed by atoms with Gasteiger partial charge in [0.05, 0.1) is 11.6 Å². The lowest BCUT2D eigenvalue weighted by Gasteiger charge is -2.42. The van der Waals surface area contributed by atoms with Crippen LogP contribution in [0, 0.1) is 11.3 Å². The Bertz CT molecular complexity index is 414. The van der Waals surface area contributed by atoms with Crippen molar-refractivity contribution < 1.29 is 5.11 Å². The molecule has 1 aromatic rings. The van der Waals surface area contributed by atoms with Gasteiger partial charge in [-0.15, -0.1) is 0 Å². The average molecular weight is 231 g/mol. The molecule has 2 heteroatoms. The third-order valence-corrected chi connectivity index (χ3v) is 5.28. The van der Waals surface area contributed by atoms with E-state index in [0.29, 0.717) is 5.92 Å². The van der Waals surface area contributed by atoms with Crippen LogP contribution in [0.1, 0.15) is 33.1 Å². The van der Waals surface area contributed by atoms with Gasteiger partial charge in [-0.25, -0.2) is 0 Å². The normalized spacial score (nSPS) is 38.3. The van der Waals surface area contributed by atoms with Gasteiger partial charge in [0.2, 0.25) is 0 Å². The monoisotopic (exact) mass is 231 g/mol. The summed E-state index contributed by atoms with van der Waals surface area (Å²) in [4.78, 5) is 0. The van der Waals surface area contributed by atoms with Crippen molar-refractivity contribution in [1.29, 1.82) is 0 Å². The number of hydrogen-bond acceptors (Lipinski definition) is 2. The summed E-state index contributed by atoms with van der Waals surface area (Å²) in [6.07, 6.45) is 3.06. The summed E-state index contributed by atoms with van der Waals surface area (Å²) < 4.78 is 0. The lowest BCUT2D eigenvalue weighted by Crippen LogP contribution is -2.52. The van der Waals surface area contributed by atoms with Crippen molar-refractivity contribution in [2.75, 3.05) is 5.32 Å². The Morgan fingerprint density at radius 1 is 1.24 bits per heavy atom. The Balaban J connectivity index is 1.95. The molecule has 0 heterocycles. The van der Waals surface area contributed by atoms with E-state index >= 15 is 0 Å². The van der Waals surface area contributed by atoms with Crippen molar-refractivity contribution in [2.24, 2.45) is 11.3 Å². The van der Waals surface area contributed by atoms with E-state index in [4.69, 9.17) is 0 Å². The number of nitrogens with one attached hydrogen (secondary N) is 1. The van der Waals surface area contributed by atoms with Gasteiger partial charge in [0.1, 0.15) is 0 Å². The first-order valence-corrected chi connectivity index (χ1v) is 6.57. The minimum Gasteiger partial charge on any atom is -0.391 e. The van der Waals surface area contributed by atoms with Crippen LogP contribution in [0.15, 0.2) is 30.3 Å². The number of aliphatic hydroxyl groups excluding tert-OH is 1. The minimum absolute atomic E-state index is 0.126. The van der Waals surface area contributed by atoms with Gasteiger partial charge in [-0.05, 0) is 42.7 Å². The SMILES string of the molecule is CC1(C)[C@@H]2CC[C@@]1(Nc1ccccc1)[C@H](O)C2. The summed E-state index contributed by atoms with van der Waals surface area (Å²) in [5, 5.41) is 14.0. The molecule has 2 aliphatic rings. The van der Waals surface area contributed by atoms with Crippen LogP contribution < -0.4 is 5.32 Å². The van der Waals surface area contributed by atoms with E-state index in [2.05, 4.69) is 31.3 Å². The molecule has 17 heavy (non-hydrogen) atoms. The molecule has 3 atom stereocenters. The van der Waals surface area contributed by atoms with Crippen LogP contribution in [-0.4, -0.2) is 16.7 Å². The average Bonchev–Trinajstić information content (AvgIpc) is 2.64.